The third-order valence-corrected chi connectivity index (χ3v) is 3.11. The average Bonchev–Trinajstić information content (AvgIpc) is 2.38. The smallest absolute Gasteiger partial charge is 0.282 e. The van der Waals surface area contributed by atoms with Crippen LogP contribution in [0.1, 0.15) is 23.7 Å². The Morgan fingerprint density at radius 2 is 2.21 bits per heavy atom. The Morgan fingerprint density at radius 1 is 1.47 bits per heavy atom. The fraction of sp³-hybridized carbons (Fsp3) is 0.308. The van der Waals surface area contributed by atoms with E-state index in [1.807, 2.05) is 13.0 Å². The van der Waals surface area contributed by atoms with E-state index < -0.39 is 16.6 Å². The maximum absolute atomic E-state index is 13.2. The third kappa shape index (κ3) is 2.78. The van der Waals surface area contributed by atoms with Crippen LogP contribution in [0, 0.1) is 15.9 Å². The number of nitro groups is 1. The van der Waals surface area contributed by atoms with Crippen molar-refractivity contribution in [3.63, 3.8) is 0 Å². The molecule has 6 heteroatoms. The van der Waals surface area contributed by atoms with Crippen LogP contribution in [0.3, 0.4) is 0 Å². The number of carbonyl (C=O) groups excluding carboxylic acids is 1. The Hall–Kier alpha value is -2.24. The van der Waals surface area contributed by atoms with Gasteiger partial charge in [0.15, 0.2) is 0 Å². The van der Waals surface area contributed by atoms with Crippen LogP contribution in [0.4, 0.5) is 10.1 Å². The number of carbonyl (C=O) groups is 1. The highest BCUT2D eigenvalue weighted by Gasteiger charge is 2.25. The monoisotopic (exact) mass is 264 g/mol. The number of halogens is 1. The van der Waals surface area contributed by atoms with Gasteiger partial charge in [-0.3, -0.25) is 14.9 Å². The summed E-state index contributed by atoms with van der Waals surface area (Å²) in [6.45, 7) is 2.86. The minimum absolute atomic E-state index is 0.196. The van der Waals surface area contributed by atoms with Gasteiger partial charge >= 0.3 is 0 Å². The minimum atomic E-state index is -0.669. The maximum atomic E-state index is 13.2. The Morgan fingerprint density at radius 3 is 2.79 bits per heavy atom. The second-order valence-corrected chi connectivity index (χ2v) is 4.47. The lowest BCUT2D eigenvalue weighted by molar-refractivity contribution is -0.385. The molecule has 0 fully saturated rings. The molecule has 0 aromatic heterocycles. The Kier molecular flexibility index (Phi) is 3.59. The van der Waals surface area contributed by atoms with Crippen molar-refractivity contribution in [2.24, 2.45) is 0 Å². The molecule has 1 aliphatic rings. The molecule has 0 saturated heterocycles. The van der Waals surface area contributed by atoms with Crippen molar-refractivity contribution in [3.8, 4) is 0 Å². The van der Waals surface area contributed by atoms with Gasteiger partial charge in [-0.1, -0.05) is 11.6 Å². The van der Waals surface area contributed by atoms with Crippen molar-refractivity contribution in [1.29, 1.82) is 0 Å². The van der Waals surface area contributed by atoms with Crippen molar-refractivity contribution in [2.45, 2.75) is 13.3 Å². The van der Waals surface area contributed by atoms with E-state index in [9.17, 15) is 19.3 Å². The molecule has 2 rings (SSSR count). The molecule has 1 aliphatic heterocycles. The third-order valence-electron chi connectivity index (χ3n) is 3.11. The number of hydrogen-bond acceptors (Lipinski definition) is 3. The first-order chi connectivity index (χ1) is 8.99. The highest BCUT2D eigenvalue weighted by molar-refractivity contribution is 5.98. The molecule has 1 amide bonds. The zero-order valence-electron chi connectivity index (χ0n) is 10.4. The normalized spacial score (nSPS) is 15.1. The van der Waals surface area contributed by atoms with Crippen LogP contribution in [0.25, 0.3) is 0 Å². The summed E-state index contributed by atoms with van der Waals surface area (Å²) in [5, 5.41) is 10.9. The summed E-state index contributed by atoms with van der Waals surface area (Å²) < 4.78 is 13.2. The van der Waals surface area contributed by atoms with E-state index in [1.54, 1.807) is 0 Å². The fourth-order valence-electron chi connectivity index (χ4n) is 1.96. The van der Waals surface area contributed by atoms with Gasteiger partial charge < -0.3 is 4.90 Å². The van der Waals surface area contributed by atoms with E-state index in [4.69, 9.17) is 0 Å². The number of nitrogens with zero attached hydrogens (tertiary/aromatic N) is 2. The van der Waals surface area contributed by atoms with Gasteiger partial charge in [-0.2, -0.15) is 0 Å². The Bertz CT molecular complexity index is 569. The van der Waals surface area contributed by atoms with E-state index >= 15 is 0 Å². The van der Waals surface area contributed by atoms with E-state index in [1.165, 1.54) is 10.5 Å². The van der Waals surface area contributed by atoms with Crippen LogP contribution < -0.4 is 0 Å². The molecule has 0 N–H and O–H groups in total. The standard InChI is InChI=1S/C13H13FN2O3/c1-9-4-6-15(7-5-9)13(17)11-8-10(14)2-3-12(11)16(18)19/h2-4,8H,5-7H2,1H3. The fourth-order valence-corrected chi connectivity index (χ4v) is 1.96. The number of amides is 1. The quantitative estimate of drug-likeness (QED) is 0.468. The Balaban J connectivity index is 2.33. The number of nitro benzene ring substituents is 1. The van der Waals surface area contributed by atoms with Crippen molar-refractivity contribution >= 4 is 11.6 Å². The van der Waals surface area contributed by atoms with Gasteiger partial charge in [-0.15, -0.1) is 0 Å². The van der Waals surface area contributed by atoms with Crippen LogP contribution in [0.5, 0.6) is 0 Å². The molecule has 1 aromatic carbocycles. The van der Waals surface area contributed by atoms with Gasteiger partial charge in [0.05, 0.1) is 4.92 Å². The number of benzene rings is 1. The molecule has 5 nitrogen and oxygen atoms in total. The van der Waals surface area contributed by atoms with Crippen molar-refractivity contribution in [1.82, 2.24) is 4.90 Å². The predicted octanol–water partition coefficient (Wildman–Crippen LogP) is 2.53. The van der Waals surface area contributed by atoms with Crippen LogP contribution >= 0.6 is 0 Å². The van der Waals surface area contributed by atoms with E-state index in [-0.39, 0.29) is 11.3 Å². The molecule has 0 unspecified atom stereocenters. The molecule has 0 bridgehead atoms. The van der Waals surface area contributed by atoms with E-state index in [0.29, 0.717) is 13.1 Å². The molecule has 0 radical (unpaired) electrons. The SMILES string of the molecule is CC1=CCN(C(=O)c2cc(F)ccc2[N+](=O)[O-])CC1. The first-order valence-electron chi connectivity index (χ1n) is 5.88. The van der Waals surface area contributed by atoms with Crippen LogP contribution in [-0.2, 0) is 0 Å². The predicted molar refractivity (Wildman–Crippen MR) is 67.3 cm³/mol. The summed E-state index contributed by atoms with van der Waals surface area (Å²) in [6.07, 6.45) is 2.63. The average molecular weight is 264 g/mol. The van der Waals surface area contributed by atoms with Crippen molar-refractivity contribution in [2.75, 3.05) is 13.1 Å². The molecule has 0 spiro atoms. The minimum Gasteiger partial charge on any atom is -0.334 e. The second-order valence-electron chi connectivity index (χ2n) is 4.47. The maximum Gasteiger partial charge on any atom is 0.282 e. The van der Waals surface area contributed by atoms with Gasteiger partial charge in [-0.05, 0) is 25.5 Å². The summed E-state index contributed by atoms with van der Waals surface area (Å²) in [4.78, 5) is 23.9. The molecule has 0 aliphatic carbocycles. The van der Waals surface area contributed by atoms with Crippen LogP contribution in [0.15, 0.2) is 29.8 Å². The zero-order chi connectivity index (χ0) is 14.0. The number of hydrogen-bond donors (Lipinski definition) is 0. The van der Waals surface area contributed by atoms with Gasteiger partial charge in [0, 0.05) is 19.2 Å². The number of rotatable bonds is 2. The molecule has 19 heavy (non-hydrogen) atoms. The molecular weight excluding hydrogens is 251 g/mol. The first-order valence-corrected chi connectivity index (χ1v) is 5.88. The van der Waals surface area contributed by atoms with Gasteiger partial charge in [0.25, 0.3) is 11.6 Å². The molecule has 0 saturated carbocycles. The highest BCUT2D eigenvalue weighted by Crippen LogP contribution is 2.22. The topological polar surface area (TPSA) is 63.5 Å². The van der Waals surface area contributed by atoms with Gasteiger partial charge in [0.2, 0.25) is 0 Å². The summed E-state index contributed by atoms with van der Waals surface area (Å²) in [6, 6.07) is 2.93. The molecular formula is C13H13FN2O3. The summed E-state index contributed by atoms with van der Waals surface area (Å²) >= 11 is 0. The van der Waals surface area contributed by atoms with Crippen molar-refractivity contribution in [3.05, 3.63) is 51.3 Å². The van der Waals surface area contributed by atoms with Crippen LogP contribution in [0.2, 0.25) is 0 Å². The summed E-state index contributed by atoms with van der Waals surface area (Å²) in [5.41, 5.74) is 0.619. The Labute approximate surface area is 109 Å². The van der Waals surface area contributed by atoms with Crippen LogP contribution in [-0.4, -0.2) is 28.8 Å². The summed E-state index contributed by atoms with van der Waals surface area (Å²) in [5.74, 6) is -1.16. The van der Waals surface area contributed by atoms with Gasteiger partial charge in [-0.25, -0.2) is 4.39 Å². The highest BCUT2D eigenvalue weighted by atomic mass is 19.1. The molecule has 0 atom stereocenters. The molecule has 1 heterocycles. The lowest BCUT2D eigenvalue weighted by atomic mass is 10.1. The van der Waals surface area contributed by atoms with Gasteiger partial charge in [0.1, 0.15) is 11.4 Å². The lowest BCUT2D eigenvalue weighted by Gasteiger charge is -2.25. The zero-order valence-corrected chi connectivity index (χ0v) is 10.4. The molecule has 100 valence electrons. The van der Waals surface area contributed by atoms with Crippen molar-refractivity contribution < 1.29 is 14.1 Å². The van der Waals surface area contributed by atoms with E-state index in [2.05, 4.69) is 0 Å². The second kappa shape index (κ2) is 5.17. The largest absolute Gasteiger partial charge is 0.334 e. The summed E-state index contributed by atoms with van der Waals surface area (Å²) in [7, 11) is 0. The lowest BCUT2D eigenvalue weighted by Crippen LogP contribution is -2.35. The molecule has 1 aromatic rings. The first kappa shape index (κ1) is 13.2. The van der Waals surface area contributed by atoms with E-state index in [0.717, 1.165) is 24.6 Å².